The minimum Gasteiger partial charge on any atom is -0.481 e. The molecule has 0 saturated carbocycles. The Morgan fingerprint density at radius 3 is 2.86 bits per heavy atom. The molecule has 28 heavy (non-hydrogen) atoms. The maximum Gasteiger partial charge on any atom is 0.259 e. The molecule has 0 radical (unpaired) electrons. The quantitative estimate of drug-likeness (QED) is 0.534. The fourth-order valence-electron chi connectivity index (χ4n) is 2.52. The number of amides is 1. The molecule has 6 heteroatoms. The Labute approximate surface area is 166 Å². The summed E-state index contributed by atoms with van der Waals surface area (Å²) in [6.45, 7) is 4.67. The molecule has 1 amide bonds. The number of hydrogen-bond donors (Lipinski definition) is 2. The van der Waals surface area contributed by atoms with Crippen LogP contribution in [-0.2, 0) is 11.3 Å². The lowest BCUT2D eigenvalue weighted by atomic mass is 10.1. The van der Waals surface area contributed by atoms with Gasteiger partial charge in [-0.3, -0.25) is 4.79 Å². The molecule has 0 fully saturated rings. The molecule has 0 atom stereocenters. The molecule has 0 aliphatic carbocycles. The Morgan fingerprint density at radius 1 is 1.29 bits per heavy atom. The highest BCUT2D eigenvalue weighted by atomic mass is 16.5. The number of nitrogen functional groups attached to an aromatic ring is 1. The first-order valence-corrected chi connectivity index (χ1v) is 9.30. The molecular weight excluding hydrogens is 354 g/mol. The zero-order valence-corrected chi connectivity index (χ0v) is 16.7. The Morgan fingerprint density at radius 2 is 2.11 bits per heavy atom. The van der Waals surface area contributed by atoms with Crippen molar-refractivity contribution in [3.05, 3.63) is 47.2 Å². The second kappa shape index (κ2) is 11.0. The average molecular weight is 381 g/mol. The number of benzene rings is 1. The second-order valence-electron chi connectivity index (χ2n) is 6.35. The van der Waals surface area contributed by atoms with Gasteiger partial charge in [-0.2, -0.15) is 0 Å². The van der Waals surface area contributed by atoms with Gasteiger partial charge >= 0.3 is 0 Å². The Kier molecular flexibility index (Phi) is 8.32. The van der Waals surface area contributed by atoms with Crippen molar-refractivity contribution in [2.24, 2.45) is 0 Å². The molecule has 2 aromatic rings. The van der Waals surface area contributed by atoms with Crippen LogP contribution in [0.15, 0.2) is 30.3 Å². The largest absolute Gasteiger partial charge is 0.481 e. The first-order valence-electron chi connectivity index (χ1n) is 9.30. The van der Waals surface area contributed by atoms with Crippen LogP contribution >= 0.6 is 0 Å². The maximum absolute atomic E-state index is 12.6. The van der Waals surface area contributed by atoms with Crippen LogP contribution in [0.1, 0.15) is 47.8 Å². The number of carbonyl (C=O) groups excluding carboxylic acids is 1. The van der Waals surface area contributed by atoms with Crippen LogP contribution in [0.5, 0.6) is 5.75 Å². The highest BCUT2D eigenvalue weighted by Crippen LogP contribution is 2.20. The van der Waals surface area contributed by atoms with Crippen LogP contribution in [0.2, 0.25) is 0 Å². The smallest absolute Gasteiger partial charge is 0.259 e. The Balaban J connectivity index is 2.02. The summed E-state index contributed by atoms with van der Waals surface area (Å²) in [5.74, 6) is 6.55. The normalized spacial score (nSPS) is 10.1. The second-order valence-corrected chi connectivity index (χ2v) is 6.35. The van der Waals surface area contributed by atoms with Gasteiger partial charge in [0.1, 0.15) is 18.2 Å². The van der Waals surface area contributed by atoms with Crippen LogP contribution in [0.25, 0.3) is 0 Å². The zero-order chi connectivity index (χ0) is 20.4. The zero-order valence-electron chi connectivity index (χ0n) is 16.7. The highest BCUT2D eigenvalue weighted by Gasteiger charge is 2.14. The minimum absolute atomic E-state index is 0.171. The van der Waals surface area contributed by atoms with E-state index >= 15 is 0 Å². The summed E-state index contributed by atoms with van der Waals surface area (Å²) >= 11 is 0. The molecule has 0 saturated heterocycles. The van der Waals surface area contributed by atoms with Crippen molar-refractivity contribution >= 4 is 17.4 Å². The Bertz CT molecular complexity index is 869. The number of ether oxygens (including phenoxy) is 2. The predicted molar refractivity (Wildman–Crippen MR) is 111 cm³/mol. The number of pyridine rings is 1. The van der Waals surface area contributed by atoms with Gasteiger partial charge in [-0.05, 0) is 37.1 Å². The van der Waals surface area contributed by atoms with E-state index in [1.54, 1.807) is 25.3 Å². The summed E-state index contributed by atoms with van der Waals surface area (Å²) in [6.07, 6.45) is 3.11. The molecule has 0 bridgehead atoms. The predicted octanol–water partition coefficient (Wildman–Crippen LogP) is 3.94. The van der Waals surface area contributed by atoms with Gasteiger partial charge in [-0.25, -0.2) is 4.98 Å². The molecule has 0 spiro atoms. The van der Waals surface area contributed by atoms with Crippen molar-refractivity contribution in [1.82, 2.24) is 4.98 Å². The molecule has 6 nitrogen and oxygen atoms in total. The molecule has 1 aromatic carbocycles. The van der Waals surface area contributed by atoms with E-state index in [1.807, 2.05) is 19.1 Å². The third-order valence-electron chi connectivity index (χ3n) is 4.06. The van der Waals surface area contributed by atoms with Crippen LogP contribution in [0.3, 0.4) is 0 Å². The molecule has 1 heterocycles. The van der Waals surface area contributed by atoms with Crippen LogP contribution in [-0.4, -0.2) is 24.6 Å². The van der Waals surface area contributed by atoms with E-state index in [-0.39, 0.29) is 11.7 Å². The number of aromatic nitrogens is 1. The number of nitrogens with one attached hydrogen (secondary N) is 1. The van der Waals surface area contributed by atoms with E-state index in [2.05, 4.69) is 29.1 Å². The summed E-state index contributed by atoms with van der Waals surface area (Å²) in [6, 6.07) is 8.89. The third-order valence-corrected chi connectivity index (χ3v) is 4.06. The molecule has 1 aromatic heterocycles. The summed E-state index contributed by atoms with van der Waals surface area (Å²) in [5, 5.41) is 2.83. The number of rotatable bonds is 8. The van der Waals surface area contributed by atoms with Gasteiger partial charge in [0, 0.05) is 25.3 Å². The van der Waals surface area contributed by atoms with E-state index in [9.17, 15) is 4.79 Å². The molecule has 148 valence electrons. The standard InChI is InChI=1S/C22H27N3O3/c1-4-5-6-7-8-12-28-18-11-9-10-17(14-18)24-22(26)19-13-16(2)20(15-27-3)25-21(19)23/h9-11,13-14H,4-6,12,15H2,1-3H3,(H2,23,25)(H,24,26). The minimum atomic E-state index is -0.325. The van der Waals surface area contributed by atoms with Crippen LogP contribution in [0, 0.1) is 18.8 Å². The van der Waals surface area contributed by atoms with Crippen molar-refractivity contribution in [3.63, 3.8) is 0 Å². The lowest BCUT2D eigenvalue weighted by Gasteiger charge is -2.11. The van der Waals surface area contributed by atoms with Crippen molar-refractivity contribution in [3.8, 4) is 17.6 Å². The van der Waals surface area contributed by atoms with Gasteiger partial charge in [0.05, 0.1) is 17.9 Å². The summed E-state index contributed by atoms with van der Waals surface area (Å²) < 4.78 is 10.7. The number of hydrogen-bond acceptors (Lipinski definition) is 5. The number of anilines is 2. The molecule has 0 aliphatic heterocycles. The van der Waals surface area contributed by atoms with Crippen molar-refractivity contribution in [2.45, 2.75) is 39.7 Å². The third kappa shape index (κ3) is 6.29. The summed E-state index contributed by atoms with van der Waals surface area (Å²) in [4.78, 5) is 16.9. The summed E-state index contributed by atoms with van der Waals surface area (Å²) in [5.41, 5.74) is 8.45. The lowest BCUT2D eigenvalue weighted by Crippen LogP contribution is -2.16. The monoisotopic (exact) mass is 381 g/mol. The molecular formula is C22H27N3O3. The fourth-order valence-corrected chi connectivity index (χ4v) is 2.52. The number of aryl methyl sites for hydroxylation is 1. The first kappa shape index (κ1) is 21.3. The van der Waals surface area contributed by atoms with Gasteiger partial charge in [0.25, 0.3) is 5.91 Å². The molecule has 0 unspecified atom stereocenters. The molecule has 3 N–H and O–H groups in total. The van der Waals surface area contributed by atoms with E-state index in [1.165, 1.54) is 0 Å². The molecule has 0 aliphatic rings. The topological polar surface area (TPSA) is 86.5 Å². The van der Waals surface area contributed by atoms with Gasteiger partial charge in [0.2, 0.25) is 0 Å². The van der Waals surface area contributed by atoms with E-state index in [4.69, 9.17) is 15.2 Å². The van der Waals surface area contributed by atoms with Gasteiger partial charge < -0.3 is 20.5 Å². The average Bonchev–Trinajstić information content (AvgIpc) is 2.67. The highest BCUT2D eigenvalue weighted by molar-refractivity contribution is 6.07. The molecule has 2 rings (SSSR count). The van der Waals surface area contributed by atoms with Crippen molar-refractivity contribution in [2.75, 3.05) is 24.8 Å². The van der Waals surface area contributed by atoms with Crippen molar-refractivity contribution < 1.29 is 14.3 Å². The van der Waals surface area contributed by atoms with Crippen LogP contribution < -0.4 is 15.8 Å². The van der Waals surface area contributed by atoms with E-state index in [0.29, 0.717) is 35.9 Å². The van der Waals surface area contributed by atoms with Gasteiger partial charge in [-0.1, -0.05) is 31.3 Å². The van der Waals surface area contributed by atoms with E-state index < -0.39 is 0 Å². The van der Waals surface area contributed by atoms with Crippen LogP contribution in [0.4, 0.5) is 11.5 Å². The number of nitrogens with zero attached hydrogens (tertiary/aromatic N) is 1. The van der Waals surface area contributed by atoms with Gasteiger partial charge in [0.15, 0.2) is 0 Å². The number of nitrogens with two attached hydrogens (primary N) is 1. The SMILES string of the molecule is CCCCC#CCOc1cccc(NC(=O)c2cc(C)c(COC)nc2N)c1. The first-order chi connectivity index (χ1) is 13.5. The number of methoxy groups -OCH3 is 1. The lowest BCUT2D eigenvalue weighted by molar-refractivity contribution is 0.102. The van der Waals surface area contributed by atoms with E-state index in [0.717, 1.165) is 24.8 Å². The number of unbranched alkanes of at least 4 members (excludes halogenated alkanes) is 2. The number of carbonyl (C=O) groups is 1. The van der Waals surface area contributed by atoms with Crippen molar-refractivity contribution in [1.29, 1.82) is 0 Å². The Hall–Kier alpha value is -3.04. The maximum atomic E-state index is 12.6. The fraction of sp³-hybridized carbons (Fsp3) is 0.364. The van der Waals surface area contributed by atoms with Gasteiger partial charge in [-0.15, -0.1) is 0 Å². The summed E-state index contributed by atoms with van der Waals surface area (Å²) in [7, 11) is 1.59.